The Balaban J connectivity index is 2.18. The van der Waals surface area contributed by atoms with Gasteiger partial charge in [-0.3, -0.25) is 0 Å². The van der Waals surface area contributed by atoms with Crippen LogP contribution in [0.15, 0.2) is 42.5 Å². The largest absolute Gasteiger partial charge is 0.207 e. The Morgan fingerprint density at radius 1 is 1.00 bits per heavy atom. The van der Waals surface area contributed by atoms with Crippen LogP contribution in [0.1, 0.15) is 27.6 Å². The zero-order valence-corrected chi connectivity index (χ0v) is 11.3. The quantitative estimate of drug-likeness (QED) is 0.686. The van der Waals surface area contributed by atoms with E-state index in [1.54, 1.807) is 6.07 Å². The van der Waals surface area contributed by atoms with E-state index in [1.807, 2.05) is 44.2 Å². The fraction of sp³-hybridized carbons (Fsp3) is 0.250. The molecule has 0 amide bonds. The molecule has 0 heterocycles. The third kappa shape index (κ3) is 3.11. The van der Waals surface area contributed by atoms with E-state index in [0.717, 1.165) is 11.1 Å². The predicted molar refractivity (Wildman–Crippen MR) is 74.6 cm³/mol. The predicted octanol–water partition coefficient (Wildman–Crippen LogP) is 4.97. The first-order valence-corrected chi connectivity index (χ1v) is 6.45. The van der Waals surface area contributed by atoms with Crippen LogP contribution < -0.4 is 0 Å². The molecule has 0 nitrogen and oxygen atoms in total. The molecule has 94 valence electrons. The molecule has 2 aromatic carbocycles. The Kier molecular flexibility index (Phi) is 4.03. The molecule has 0 bridgehead atoms. The average molecular weight is 263 g/mol. The summed E-state index contributed by atoms with van der Waals surface area (Å²) in [5.41, 5.74) is 3.95. The first-order valence-electron chi connectivity index (χ1n) is 6.02. The van der Waals surface area contributed by atoms with E-state index in [2.05, 4.69) is 0 Å². The molecule has 0 radical (unpaired) electrons. The molecule has 0 N–H and O–H groups in total. The van der Waals surface area contributed by atoms with Crippen molar-refractivity contribution < 1.29 is 4.39 Å². The van der Waals surface area contributed by atoms with Crippen molar-refractivity contribution in [2.75, 3.05) is 0 Å². The van der Waals surface area contributed by atoms with Gasteiger partial charge < -0.3 is 0 Å². The molecule has 0 saturated carbocycles. The number of halogens is 2. The molecule has 2 rings (SSSR count). The van der Waals surface area contributed by atoms with Crippen molar-refractivity contribution in [1.82, 2.24) is 0 Å². The zero-order chi connectivity index (χ0) is 13.1. The van der Waals surface area contributed by atoms with Crippen molar-refractivity contribution in [3.63, 3.8) is 0 Å². The fourth-order valence-corrected chi connectivity index (χ4v) is 2.29. The summed E-state index contributed by atoms with van der Waals surface area (Å²) in [5.74, 6) is -0.229. The van der Waals surface area contributed by atoms with Crippen LogP contribution >= 0.6 is 11.6 Å². The highest BCUT2D eigenvalue weighted by molar-refractivity contribution is 6.20. The fourth-order valence-electron chi connectivity index (χ4n) is 1.94. The summed E-state index contributed by atoms with van der Waals surface area (Å²) in [4.78, 5) is 0. The van der Waals surface area contributed by atoms with E-state index in [9.17, 15) is 4.39 Å². The summed E-state index contributed by atoms with van der Waals surface area (Å²) in [5, 5.41) is -0.326. The lowest BCUT2D eigenvalue weighted by atomic mass is 10.0. The maximum Gasteiger partial charge on any atom is 0.127 e. The van der Waals surface area contributed by atoms with Crippen LogP contribution in [0, 0.1) is 19.7 Å². The van der Waals surface area contributed by atoms with E-state index >= 15 is 0 Å². The van der Waals surface area contributed by atoms with Gasteiger partial charge in [0, 0.05) is 5.56 Å². The Morgan fingerprint density at radius 3 is 2.28 bits per heavy atom. The van der Waals surface area contributed by atoms with Crippen LogP contribution in [-0.2, 0) is 6.42 Å². The van der Waals surface area contributed by atoms with Gasteiger partial charge in [0.1, 0.15) is 5.82 Å². The van der Waals surface area contributed by atoms with Gasteiger partial charge in [-0.1, -0.05) is 47.5 Å². The molecular weight excluding hydrogens is 247 g/mol. The van der Waals surface area contributed by atoms with Crippen LogP contribution in [0.2, 0.25) is 0 Å². The molecule has 1 atom stereocenters. The summed E-state index contributed by atoms with van der Waals surface area (Å²) >= 11 is 6.32. The highest BCUT2D eigenvalue weighted by Crippen LogP contribution is 2.28. The molecule has 0 aliphatic heterocycles. The van der Waals surface area contributed by atoms with Crippen molar-refractivity contribution in [3.05, 3.63) is 70.5 Å². The van der Waals surface area contributed by atoms with Crippen LogP contribution in [0.5, 0.6) is 0 Å². The van der Waals surface area contributed by atoms with E-state index in [-0.39, 0.29) is 11.2 Å². The minimum absolute atomic E-state index is 0.229. The summed E-state index contributed by atoms with van der Waals surface area (Å²) in [7, 11) is 0. The summed E-state index contributed by atoms with van der Waals surface area (Å²) in [6, 6.07) is 13.2. The molecule has 2 heteroatoms. The zero-order valence-electron chi connectivity index (χ0n) is 10.6. The molecule has 0 fully saturated rings. The molecule has 2 aromatic rings. The van der Waals surface area contributed by atoms with Crippen LogP contribution in [0.4, 0.5) is 4.39 Å². The molecule has 0 aliphatic carbocycles. The third-order valence-electron chi connectivity index (χ3n) is 3.02. The van der Waals surface area contributed by atoms with Gasteiger partial charge in [0.15, 0.2) is 0 Å². The van der Waals surface area contributed by atoms with Gasteiger partial charge >= 0.3 is 0 Å². The number of hydrogen-bond donors (Lipinski definition) is 0. The average Bonchev–Trinajstić information content (AvgIpc) is 2.35. The van der Waals surface area contributed by atoms with Crippen molar-refractivity contribution in [2.45, 2.75) is 25.6 Å². The van der Waals surface area contributed by atoms with Gasteiger partial charge in [0.05, 0.1) is 5.38 Å². The van der Waals surface area contributed by atoms with Gasteiger partial charge in [0.2, 0.25) is 0 Å². The second kappa shape index (κ2) is 5.53. The van der Waals surface area contributed by atoms with Crippen molar-refractivity contribution in [3.8, 4) is 0 Å². The lowest BCUT2D eigenvalue weighted by molar-refractivity contribution is 0.605. The lowest BCUT2D eigenvalue weighted by Crippen LogP contribution is -1.99. The topological polar surface area (TPSA) is 0 Å². The van der Waals surface area contributed by atoms with Crippen LogP contribution in [0.3, 0.4) is 0 Å². The molecule has 0 aliphatic rings. The van der Waals surface area contributed by atoms with Crippen LogP contribution in [-0.4, -0.2) is 0 Å². The number of aryl methyl sites for hydroxylation is 2. The van der Waals surface area contributed by atoms with Crippen molar-refractivity contribution in [1.29, 1.82) is 0 Å². The molecular formula is C16H16ClF. The summed E-state index contributed by atoms with van der Waals surface area (Å²) in [6.07, 6.45) is 0.641. The number of hydrogen-bond acceptors (Lipinski definition) is 0. The number of alkyl halides is 1. The van der Waals surface area contributed by atoms with E-state index in [1.165, 1.54) is 11.6 Å². The second-order valence-electron chi connectivity index (χ2n) is 4.68. The summed E-state index contributed by atoms with van der Waals surface area (Å²) < 4.78 is 13.7. The molecule has 0 aromatic heterocycles. The van der Waals surface area contributed by atoms with E-state index in [0.29, 0.717) is 12.0 Å². The third-order valence-corrected chi connectivity index (χ3v) is 3.41. The maximum atomic E-state index is 13.7. The number of rotatable bonds is 3. The van der Waals surface area contributed by atoms with E-state index < -0.39 is 0 Å². The van der Waals surface area contributed by atoms with Crippen LogP contribution in [0.25, 0.3) is 0 Å². The Hall–Kier alpha value is -1.34. The SMILES string of the molecule is Cc1ccc(CC(Cl)c2cc(C)ccc2F)cc1. The first-order chi connectivity index (χ1) is 8.56. The second-order valence-corrected chi connectivity index (χ2v) is 5.21. The molecule has 0 saturated heterocycles. The van der Waals surface area contributed by atoms with Crippen molar-refractivity contribution >= 4 is 11.6 Å². The van der Waals surface area contributed by atoms with Gasteiger partial charge in [-0.05, 0) is 31.9 Å². The number of benzene rings is 2. The molecule has 1 unspecified atom stereocenters. The highest BCUT2D eigenvalue weighted by Gasteiger charge is 2.13. The minimum atomic E-state index is -0.326. The Morgan fingerprint density at radius 2 is 1.61 bits per heavy atom. The normalized spacial score (nSPS) is 12.4. The monoisotopic (exact) mass is 262 g/mol. The Bertz CT molecular complexity index is 531. The Labute approximate surface area is 112 Å². The molecule has 18 heavy (non-hydrogen) atoms. The maximum absolute atomic E-state index is 13.7. The van der Waals surface area contributed by atoms with Gasteiger partial charge in [0.25, 0.3) is 0 Å². The smallest absolute Gasteiger partial charge is 0.127 e. The summed E-state index contributed by atoms with van der Waals surface area (Å²) in [6.45, 7) is 3.99. The lowest BCUT2D eigenvalue weighted by Gasteiger charge is -2.12. The van der Waals surface area contributed by atoms with E-state index in [4.69, 9.17) is 11.6 Å². The van der Waals surface area contributed by atoms with Gasteiger partial charge in [-0.15, -0.1) is 11.6 Å². The van der Waals surface area contributed by atoms with Crippen molar-refractivity contribution in [2.24, 2.45) is 0 Å². The standard InChI is InChI=1S/C16H16ClF/c1-11-3-6-13(7-4-11)10-15(17)14-9-12(2)5-8-16(14)18/h3-9,15H,10H2,1-2H3. The minimum Gasteiger partial charge on any atom is -0.207 e. The molecule has 0 spiro atoms. The van der Waals surface area contributed by atoms with Gasteiger partial charge in [-0.25, -0.2) is 4.39 Å². The highest BCUT2D eigenvalue weighted by atomic mass is 35.5. The first kappa shape index (κ1) is 13.1. The van der Waals surface area contributed by atoms with Gasteiger partial charge in [-0.2, -0.15) is 0 Å².